The van der Waals surface area contributed by atoms with Crippen LogP contribution >= 0.6 is 22.9 Å². The molecule has 0 radical (unpaired) electrons. The molecule has 0 saturated heterocycles. The summed E-state index contributed by atoms with van der Waals surface area (Å²) < 4.78 is 5.56. The molecule has 0 bridgehead atoms. The second-order valence-electron chi connectivity index (χ2n) is 3.93. The van der Waals surface area contributed by atoms with Gasteiger partial charge in [-0.05, 0) is 37.1 Å². The fourth-order valence-corrected chi connectivity index (χ4v) is 3.17. The lowest BCUT2D eigenvalue weighted by atomic mass is 9.76. The van der Waals surface area contributed by atoms with Crippen LogP contribution in [0.3, 0.4) is 0 Å². The lowest BCUT2D eigenvalue weighted by molar-refractivity contribution is -0.0778. The Bertz CT molecular complexity index is 274. The Balaban J connectivity index is 1.97. The van der Waals surface area contributed by atoms with Gasteiger partial charge in [-0.1, -0.05) is 6.07 Å². The predicted molar refractivity (Wildman–Crippen MR) is 61.1 cm³/mol. The summed E-state index contributed by atoms with van der Waals surface area (Å²) >= 11 is 8.08. The van der Waals surface area contributed by atoms with Crippen molar-refractivity contribution in [3.05, 3.63) is 22.4 Å². The topological polar surface area (TPSA) is 9.23 Å². The zero-order valence-corrected chi connectivity index (χ0v) is 9.90. The molecule has 1 aliphatic rings. The van der Waals surface area contributed by atoms with E-state index in [1.54, 1.807) is 18.4 Å². The summed E-state index contributed by atoms with van der Waals surface area (Å²) in [5.41, 5.74) is 0.0798. The average molecular weight is 231 g/mol. The van der Waals surface area contributed by atoms with E-state index < -0.39 is 0 Å². The van der Waals surface area contributed by atoms with Crippen molar-refractivity contribution in [1.29, 1.82) is 0 Å². The van der Waals surface area contributed by atoms with Gasteiger partial charge in [-0.3, -0.25) is 0 Å². The number of methoxy groups -OCH3 is 1. The third-order valence-electron chi connectivity index (χ3n) is 3.10. The van der Waals surface area contributed by atoms with Crippen LogP contribution in [0.4, 0.5) is 0 Å². The molecule has 2 rings (SSSR count). The number of rotatable bonds is 4. The highest BCUT2D eigenvalue weighted by Gasteiger charge is 2.39. The first-order valence-corrected chi connectivity index (χ1v) is 6.30. The van der Waals surface area contributed by atoms with Gasteiger partial charge in [0.1, 0.15) is 0 Å². The van der Waals surface area contributed by atoms with Gasteiger partial charge in [-0.25, -0.2) is 0 Å². The molecule has 1 aromatic heterocycles. The third kappa shape index (κ3) is 1.97. The van der Waals surface area contributed by atoms with Gasteiger partial charge in [0.25, 0.3) is 0 Å². The van der Waals surface area contributed by atoms with Gasteiger partial charge in [0.05, 0.1) is 11.0 Å². The Morgan fingerprint density at radius 2 is 2.43 bits per heavy atom. The van der Waals surface area contributed by atoms with Crippen molar-refractivity contribution in [3.63, 3.8) is 0 Å². The SMILES string of the molecule is COC1(CC(Cl)c2cccs2)CCC1. The van der Waals surface area contributed by atoms with Crippen LogP contribution in [0.1, 0.15) is 35.9 Å². The van der Waals surface area contributed by atoms with Gasteiger partial charge in [0.15, 0.2) is 0 Å². The maximum Gasteiger partial charge on any atom is 0.0706 e. The van der Waals surface area contributed by atoms with Gasteiger partial charge < -0.3 is 4.74 Å². The van der Waals surface area contributed by atoms with Gasteiger partial charge in [0, 0.05) is 12.0 Å². The van der Waals surface area contributed by atoms with Crippen molar-refractivity contribution < 1.29 is 4.74 Å². The first-order chi connectivity index (χ1) is 6.76. The Hall–Kier alpha value is -0.0500. The fraction of sp³-hybridized carbons (Fsp3) is 0.636. The Morgan fingerprint density at radius 1 is 1.64 bits per heavy atom. The van der Waals surface area contributed by atoms with Crippen LogP contribution in [0.15, 0.2) is 17.5 Å². The van der Waals surface area contributed by atoms with Crippen LogP contribution in [0.5, 0.6) is 0 Å². The van der Waals surface area contributed by atoms with Crippen LogP contribution in [0, 0.1) is 0 Å². The minimum Gasteiger partial charge on any atom is -0.378 e. The van der Waals surface area contributed by atoms with Crippen molar-refractivity contribution in [1.82, 2.24) is 0 Å². The van der Waals surface area contributed by atoms with Crippen LogP contribution in [-0.2, 0) is 4.74 Å². The minimum atomic E-state index is 0.0798. The normalized spacial score (nSPS) is 21.6. The Labute approximate surface area is 94.0 Å². The fourth-order valence-electron chi connectivity index (χ4n) is 1.96. The smallest absolute Gasteiger partial charge is 0.0706 e. The van der Waals surface area contributed by atoms with E-state index in [9.17, 15) is 0 Å². The molecule has 1 unspecified atom stereocenters. The monoisotopic (exact) mass is 230 g/mol. The second-order valence-corrected chi connectivity index (χ2v) is 5.43. The van der Waals surface area contributed by atoms with Crippen LogP contribution in [0.25, 0.3) is 0 Å². The first-order valence-electron chi connectivity index (χ1n) is 4.98. The van der Waals surface area contributed by atoms with E-state index in [-0.39, 0.29) is 11.0 Å². The lowest BCUT2D eigenvalue weighted by Gasteiger charge is -2.41. The van der Waals surface area contributed by atoms with E-state index in [4.69, 9.17) is 16.3 Å². The van der Waals surface area contributed by atoms with Crippen molar-refractivity contribution in [2.45, 2.75) is 36.7 Å². The molecule has 1 saturated carbocycles. The van der Waals surface area contributed by atoms with Crippen molar-refractivity contribution in [2.24, 2.45) is 0 Å². The first kappa shape index (κ1) is 10.5. The average Bonchev–Trinajstić information content (AvgIpc) is 2.63. The molecule has 1 nitrogen and oxygen atoms in total. The van der Waals surface area contributed by atoms with Gasteiger partial charge in [-0.15, -0.1) is 22.9 Å². The maximum absolute atomic E-state index is 6.35. The molecule has 0 N–H and O–H groups in total. The van der Waals surface area contributed by atoms with Crippen LogP contribution in [-0.4, -0.2) is 12.7 Å². The predicted octanol–water partition coefficient (Wildman–Crippen LogP) is 3.99. The van der Waals surface area contributed by atoms with Crippen molar-refractivity contribution in [2.75, 3.05) is 7.11 Å². The van der Waals surface area contributed by atoms with Gasteiger partial charge in [-0.2, -0.15) is 0 Å². The highest BCUT2D eigenvalue weighted by molar-refractivity contribution is 7.10. The largest absolute Gasteiger partial charge is 0.378 e. The highest BCUT2D eigenvalue weighted by atomic mass is 35.5. The number of ether oxygens (including phenoxy) is 1. The summed E-state index contributed by atoms with van der Waals surface area (Å²) in [7, 11) is 1.80. The Morgan fingerprint density at radius 3 is 2.86 bits per heavy atom. The van der Waals surface area contributed by atoms with E-state index in [0.29, 0.717) is 0 Å². The summed E-state index contributed by atoms with van der Waals surface area (Å²) in [6.07, 6.45) is 4.56. The number of halogens is 1. The number of alkyl halides is 1. The summed E-state index contributed by atoms with van der Waals surface area (Å²) in [4.78, 5) is 1.26. The van der Waals surface area contributed by atoms with E-state index in [1.165, 1.54) is 11.3 Å². The molecular formula is C11H15ClOS. The molecule has 0 spiro atoms. The molecule has 0 aromatic carbocycles. The van der Waals surface area contributed by atoms with Crippen molar-refractivity contribution >= 4 is 22.9 Å². The van der Waals surface area contributed by atoms with Crippen LogP contribution in [0.2, 0.25) is 0 Å². The van der Waals surface area contributed by atoms with E-state index in [0.717, 1.165) is 19.3 Å². The maximum atomic E-state index is 6.35. The van der Waals surface area contributed by atoms with Crippen LogP contribution < -0.4 is 0 Å². The highest BCUT2D eigenvalue weighted by Crippen LogP contribution is 2.44. The molecule has 0 amide bonds. The van der Waals surface area contributed by atoms with Crippen molar-refractivity contribution in [3.8, 4) is 0 Å². The zero-order valence-electron chi connectivity index (χ0n) is 8.33. The second kappa shape index (κ2) is 4.21. The van der Waals surface area contributed by atoms with E-state index >= 15 is 0 Å². The molecule has 1 aliphatic carbocycles. The summed E-state index contributed by atoms with van der Waals surface area (Å²) in [5, 5.41) is 2.19. The van der Waals surface area contributed by atoms with E-state index in [1.807, 2.05) is 0 Å². The summed E-state index contributed by atoms with van der Waals surface area (Å²) in [6, 6.07) is 4.15. The molecule has 1 atom stereocenters. The Kier molecular flexibility index (Phi) is 3.15. The standard InChI is InChI=1S/C11H15ClOS/c1-13-11(5-3-6-11)8-9(12)10-4-2-7-14-10/h2,4,7,9H,3,5-6,8H2,1H3. The molecule has 1 heterocycles. The van der Waals surface area contributed by atoms with E-state index in [2.05, 4.69) is 17.5 Å². The third-order valence-corrected chi connectivity index (χ3v) is 4.61. The molecule has 14 heavy (non-hydrogen) atoms. The molecule has 3 heteroatoms. The van der Waals surface area contributed by atoms with Gasteiger partial charge >= 0.3 is 0 Å². The zero-order chi connectivity index (χ0) is 10.0. The quantitative estimate of drug-likeness (QED) is 0.711. The number of hydrogen-bond acceptors (Lipinski definition) is 2. The summed E-state index contributed by atoms with van der Waals surface area (Å²) in [6.45, 7) is 0. The molecule has 78 valence electrons. The number of thiophene rings is 1. The number of hydrogen-bond donors (Lipinski definition) is 0. The summed E-state index contributed by atoms with van der Waals surface area (Å²) in [5.74, 6) is 0. The lowest BCUT2D eigenvalue weighted by Crippen LogP contribution is -2.39. The molecule has 1 aromatic rings. The minimum absolute atomic E-state index is 0.0798. The molecule has 0 aliphatic heterocycles. The molecule has 1 fully saturated rings. The molecular weight excluding hydrogens is 216 g/mol. The van der Waals surface area contributed by atoms with Gasteiger partial charge in [0.2, 0.25) is 0 Å².